The van der Waals surface area contributed by atoms with Crippen molar-refractivity contribution < 1.29 is 4.79 Å². The summed E-state index contributed by atoms with van der Waals surface area (Å²) in [6, 6.07) is 3.73. The average molecular weight is 255 g/mol. The summed E-state index contributed by atoms with van der Waals surface area (Å²) in [7, 11) is 0. The molecule has 2 rings (SSSR count). The fourth-order valence-corrected chi connectivity index (χ4v) is 2.47. The second-order valence-electron chi connectivity index (χ2n) is 3.42. The summed E-state index contributed by atoms with van der Waals surface area (Å²) >= 11 is 3.46. The smallest absolute Gasteiger partial charge is 0.223 e. The molecule has 0 aromatic heterocycles. The molecule has 0 aliphatic carbocycles. The summed E-state index contributed by atoms with van der Waals surface area (Å²) in [6.45, 7) is 2.33. The lowest BCUT2D eigenvalue weighted by atomic mass is 10.1. The molecule has 1 amide bonds. The Morgan fingerprint density at radius 2 is 2.29 bits per heavy atom. The fraction of sp³-hybridized carbons (Fsp3) is 0.300. The molecule has 1 heterocycles. The summed E-state index contributed by atoms with van der Waals surface area (Å²) in [5.41, 5.74) is 8.53. The Morgan fingerprint density at radius 3 is 2.93 bits per heavy atom. The third kappa shape index (κ3) is 1.39. The van der Waals surface area contributed by atoms with Gasteiger partial charge in [0.2, 0.25) is 5.91 Å². The zero-order chi connectivity index (χ0) is 10.3. The molecule has 4 heteroatoms. The van der Waals surface area contributed by atoms with Crippen LogP contribution in [0.2, 0.25) is 0 Å². The van der Waals surface area contributed by atoms with Crippen molar-refractivity contribution in [3.8, 4) is 0 Å². The van der Waals surface area contributed by atoms with Gasteiger partial charge < -0.3 is 10.6 Å². The van der Waals surface area contributed by atoms with Gasteiger partial charge in [0.15, 0.2) is 0 Å². The summed E-state index contributed by atoms with van der Waals surface area (Å²) in [5, 5.41) is 0. The summed E-state index contributed by atoms with van der Waals surface area (Å²) < 4.78 is 0.997. The van der Waals surface area contributed by atoms with Gasteiger partial charge in [-0.05, 0) is 24.1 Å². The van der Waals surface area contributed by atoms with E-state index in [1.165, 1.54) is 5.56 Å². The molecule has 1 aromatic carbocycles. The third-order valence-corrected chi connectivity index (χ3v) is 3.16. The lowest BCUT2D eigenvalue weighted by Gasteiger charge is -2.15. The second-order valence-corrected chi connectivity index (χ2v) is 4.28. The molecule has 0 spiro atoms. The predicted octanol–water partition coefficient (Wildman–Crippen LogP) is 1.94. The largest absolute Gasteiger partial charge is 0.399 e. The van der Waals surface area contributed by atoms with Crippen molar-refractivity contribution in [1.82, 2.24) is 0 Å². The molecule has 1 aliphatic rings. The number of benzene rings is 1. The van der Waals surface area contributed by atoms with Gasteiger partial charge in [0.25, 0.3) is 0 Å². The Bertz CT molecular complexity index is 403. The van der Waals surface area contributed by atoms with E-state index in [-0.39, 0.29) is 5.91 Å². The van der Waals surface area contributed by atoms with Crippen molar-refractivity contribution in [1.29, 1.82) is 0 Å². The Balaban J connectivity index is 2.54. The van der Waals surface area contributed by atoms with Crippen LogP contribution in [0.5, 0.6) is 0 Å². The lowest BCUT2D eigenvalue weighted by Crippen LogP contribution is -2.25. The normalized spacial score (nSPS) is 14.3. The molecular formula is C10H11BrN2O. The quantitative estimate of drug-likeness (QED) is 0.720. The van der Waals surface area contributed by atoms with Crippen LogP contribution in [-0.4, -0.2) is 12.5 Å². The topological polar surface area (TPSA) is 46.3 Å². The van der Waals surface area contributed by atoms with Crippen LogP contribution in [0.4, 0.5) is 11.4 Å². The second kappa shape index (κ2) is 3.28. The first-order valence-electron chi connectivity index (χ1n) is 4.45. The van der Waals surface area contributed by atoms with Crippen LogP contribution < -0.4 is 10.6 Å². The minimum absolute atomic E-state index is 0.0706. The number of nitrogens with zero attached hydrogens (tertiary/aromatic N) is 1. The zero-order valence-corrected chi connectivity index (χ0v) is 9.47. The molecule has 1 aliphatic heterocycles. The molecule has 0 saturated carbocycles. The van der Waals surface area contributed by atoms with Crippen LogP contribution in [0.25, 0.3) is 0 Å². The molecule has 0 radical (unpaired) electrons. The van der Waals surface area contributed by atoms with E-state index in [0.717, 1.165) is 23.1 Å². The van der Waals surface area contributed by atoms with E-state index in [1.807, 2.05) is 12.1 Å². The van der Waals surface area contributed by atoms with E-state index < -0.39 is 0 Å². The van der Waals surface area contributed by atoms with Crippen LogP contribution in [0.1, 0.15) is 12.5 Å². The SMILES string of the molecule is CC(=O)N1CCc2c(Br)cc(N)cc21. The van der Waals surface area contributed by atoms with Crippen molar-refractivity contribution >= 4 is 33.2 Å². The van der Waals surface area contributed by atoms with Gasteiger partial charge >= 0.3 is 0 Å². The third-order valence-electron chi connectivity index (χ3n) is 2.45. The number of hydrogen-bond donors (Lipinski definition) is 1. The molecule has 0 saturated heterocycles. The Kier molecular flexibility index (Phi) is 2.23. The van der Waals surface area contributed by atoms with Gasteiger partial charge in [-0.1, -0.05) is 15.9 Å². The molecule has 0 fully saturated rings. The van der Waals surface area contributed by atoms with Crippen LogP contribution in [0, 0.1) is 0 Å². The number of nitrogen functional groups attached to an aromatic ring is 1. The van der Waals surface area contributed by atoms with Crippen LogP contribution in [-0.2, 0) is 11.2 Å². The molecule has 2 N–H and O–H groups in total. The molecule has 0 unspecified atom stereocenters. The highest BCUT2D eigenvalue weighted by Crippen LogP contribution is 2.35. The number of nitrogens with two attached hydrogens (primary N) is 1. The van der Waals surface area contributed by atoms with E-state index in [1.54, 1.807) is 11.8 Å². The van der Waals surface area contributed by atoms with E-state index in [4.69, 9.17) is 5.73 Å². The maximum atomic E-state index is 11.3. The van der Waals surface area contributed by atoms with Crippen LogP contribution in [0.3, 0.4) is 0 Å². The maximum absolute atomic E-state index is 11.3. The first-order chi connectivity index (χ1) is 6.59. The number of fused-ring (bicyclic) bond motifs is 1. The molecule has 0 bridgehead atoms. The molecular weight excluding hydrogens is 244 g/mol. The number of halogens is 1. The average Bonchev–Trinajstić information content (AvgIpc) is 2.47. The highest BCUT2D eigenvalue weighted by atomic mass is 79.9. The molecule has 3 nitrogen and oxygen atoms in total. The van der Waals surface area contributed by atoms with Gasteiger partial charge in [0.1, 0.15) is 0 Å². The van der Waals surface area contributed by atoms with Crippen LogP contribution >= 0.6 is 15.9 Å². The van der Waals surface area contributed by atoms with E-state index >= 15 is 0 Å². The lowest BCUT2D eigenvalue weighted by molar-refractivity contribution is -0.116. The van der Waals surface area contributed by atoms with Crippen molar-refractivity contribution in [2.45, 2.75) is 13.3 Å². The highest BCUT2D eigenvalue weighted by Gasteiger charge is 2.24. The van der Waals surface area contributed by atoms with Crippen molar-refractivity contribution in [3.05, 3.63) is 22.2 Å². The van der Waals surface area contributed by atoms with E-state index in [2.05, 4.69) is 15.9 Å². The fourth-order valence-electron chi connectivity index (χ4n) is 1.80. The number of carbonyl (C=O) groups is 1. The molecule has 14 heavy (non-hydrogen) atoms. The molecule has 0 atom stereocenters. The summed E-state index contributed by atoms with van der Waals surface area (Å²) in [4.78, 5) is 13.1. The van der Waals surface area contributed by atoms with E-state index in [9.17, 15) is 4.79 Å². The highest BCUT2D eigenvalue weighted by molar-refractivity contribution is 9.10. The minimum Gasteiger partial charge on any atom is -0.399 e. The van der Waals surface area contributed by atoms with Gasteiger partial charge in [-0.3, -0.25) is 4.79 Å². The number of carbonyl (C=O) groups excluding carboxylic acids is 1. The Morgan fingerprint density at radius 1 is 1.57 bits per heavy atom. The Hall–Kier alpha value is -1.03. The van der Waals surface area contributed by atoms with Gasteiger partial charge in [-0.25, -0.2) is 0 Å². The van der Waals surface area contributed by atoms with Crippen molar-refractivity contribution in [3.63, 3.8) is 0 Å². The van der Waals surface area contributed by atoms with Gasteiger partial charge in [-0.2, -0.15) is 0 Å². The van der Waals surface area contributed by atoms with Crippen molar-refractivity contribution in [2.75, 3.05) is 17.2 Å². The van der Waals surface area contributed by atoms with Gasteiger partial charge in [0, 0.05) is 23.6 Å². The molecule has 1 aromatic rings. The number of rotatable bonds is 0. The first kappa shape index (κ1) is 9.52. The standard InChI is InChI=1S/C10H11BrN2O/c1-6(14)13-3-2-8-9(11)4-7(12)5-10(8)13/h4-5H,2-3,12H2,1H3. The van der Waals surface area contributed by atoms with E-state index in [0.29, 0.717) is 5.69 Å². The van der Waals surface area contributed by atoms with Gasteiger partial charge in [-0.15, -0.1) is 0 Å². The number of anilines is 2. The Labute approximate surface area is 91.0 Å². The first-order valence-corrected chi connectivity index (χ1v) is 5.25. The minimum atomic E-state index is 0.0706. The molecule has 74 valence electrons. The monoisotopic (exact) mass is 254 g/mol. The van der Waals surface area contributed by atoms with Crippen LogP contribution in [0.15, 0.2) is 16.6 Å². The number of amides is 1. The van der Waals surface area contributed by atoms with Crippen molar-refractivity contribution in [2.24, 2.45) is 0 Å². The maximum Gasteiger partial charge on any atom is 0.223 e. The summed E-state index contributed by atoms with van der Waals surface area (Å²) in [6.07, 6.45) is 0.899. The predicted molar refractivity (Wildman–Crippen MR) is 60.3 cm³/mol. The summed E-state index contributed by atoms with van der Waals surface area (Å²) in [5.74, 6) is 0.0706. The zero-order valence-electron chi connectivity index (χ0n) is 7.88. The van der Waals surface area contributed by atoms with Gasteiger partial charge in [0.05, 0.1) is 5.69 Å². The number of hydrogen-bond acceptors (Lipinski definition) is 2.